The van der Waals surface area contributed by atoms with Gasteiger partial charge < -0.3 is 20.1 Å². The summed E-state index contributed by atoms with van der Waals surface area (Å²) in [6.45, 7) is 8.05. The van der Waals surface area contributed by atoms with E-state index in [1.807, 2.05) is 0 Å². The molecule has 2 atom stereocenters. The number of fused-ring (bicyclic) bond motifs is 1. The number of nitrogens with one attached hydrogen (secondary N) is 1. The number of hydrogen-bond acceptors (Lipinski definition) is 8. The number of amides is 1. The van der Waals surface area contributed by atoms with Gasteiger partial charge in [0.15, 0.2) is 0 Å². The van der Waals surface area contributed by atoms with Crippen LogP contribution >= 0.6 is 0 Å². The number of alkyl halides is 9. The highest BCUT2D eigenvalue weighted by Crippen LogP contribution is 2.42. The molecule has 4 rings (SSSR count). The molecular weight excluding hydrogens is 727 g/mol. The summed E-state index contributed by atoms with van der Waals surface area (Å²) in [5.41, 5.74) is -6.14. The number of anilines is 3. The van der Waals surface area contributed by atoms with Crippen LogP contribution in [0, 0.1) is 5.41 Å². The second-order valence-corrected chi connectivity index (χ2v) is 13.0. The number of carboxylic acid groups (broad SMARTS) is 1. The van der Waals surface area contributed by atoms with Crippen molar-refractivity contribution in [3.8, 4) is 0 Å². The van der Waals surface area contributed by atoms with Crippen LogP contribution in [-0.2, 0) is 34.5 Å². The molecule has 0 radical (unpaired) electrons. The number of carbonyl (C=O) groups excluding carboxylic acids is 1. The Balaban J connectivity index is 1.80. The first-order valence-corrected chi connectivity index (χ1v) is 16.4. The van der Waals surface area contributed by atoms with E-state index in [0.29, 0.717) is 37.0 Å². The van der Waals surface area contributed by atoms with Crippen molar-refractivity contribution >= 4 is 29.4 Å². The molecule has 0 saturated heterocycles. The second-order valence-electron chi connectivity index (χ2n) is 13.0. The zero-order chi connectivity index (χ0) is 39.7. The molecule has 1 aliphatic rings. The summed E-state index contributed by atoms with van der Waals surface area (Å²) in [4.78, 5) is 40.3. The average Bonchev–Trinajstić information content (AvgIpc) is 3.06. The van der Waals surface area contributed by atoms with Crippen LogP contribution in [0.2, 0.25) is 0 Å². The highest BCUT2D eigenvalue weighted by Gasteiger charge is 2.42. The highest BCUT2D eigenvalue weighted by atomic mass is 19.4. The average molecular weight is 765 g/mol. The standard InChI is InChI=1S/C34H37F9N6O4/c1-6-21-15-23(27-24(9-10-26(47-27)34(41,42)43)49(21)30(52)53-17-31(4,5)28(50)51)46-29-44-16-25(48(7-2)8-3)22(45-29)13-18-11-19(32(35,36)37)14-20(12-18)33(38,39)40/h9-12,14,16,21,23H,6-8,13,15,17H2,1-5H3,(H,50,51)(H,44,45,46)/t21-,23+/m1/s1. The number of carboxylic acids is 1. The lowest BCUT2D eigenvalue weighted by Gasteiger charge is -2.40. The third-order valence-electron chi connectivity index (χ3n) is 8.73. The van der Waals surface area contributed by atoms with Crippen molar-refractivity contribution in [2.24, 2.45) is 5.41 Å². The van der Waals surface area contributed by atoms with Gasteiger partial charge in [0, 0.05) is 25.6 Å². The molecule has 0 bridgehead atoms. The Kier molecular flexibility index (Phi) is 11.8. The van der Waals surface area contributed by atoms with Crippen molar-refractivity contribution in [2.45, 2.75) is 84.5 Å². The number of rotatable bonds is 11. The Morgan fingerprint density at radius 1 is 0.925 bits per heavy atom. The summed E-state index contributed by atoms with van der Waals surface area (Å²) in [6, 6.07) is 1.09. The summed E-state index contributed by atoms with van der Waals surface area (Å²) in [6.07, 6.45) is -15.1. The number of aliphatic carboxylic acids is 1. The minimum absolute atomic E-state index is 0.0146. The molecule has 2 aromatic heterocycles. The van der Waals surface area contributed by atoms with Crippen LogP contribution in [0.25, 0.3) is 0 Å². The largest absolute Gasteiger partial charge is 0.481 e. The van der Waals surface area contributed by atoms with E-state index >= 15 is 0 Å². The van der Waals surface area contributed by atoms with E-state index in [-0.39, 0.29) is 47.5 Å². The topological polar surface area (TPSA) is 121 Å². The Labute approximate surface area is 298 Å². The maximum atomic E-state index is 13.9. The highest BCUT2D eigenvalue weighted by molar-refractivity contribution is 5.90. The number of nitrogens with zero attached hydrogens (tertiary/aromatic N) is 5. The van der Waals surface area contributed by atoms with Crippen molar-refractivity contribution in [1.29, 1.82) is 0 Å². The van der Waals surface area contributed by atoms with Gasteiger partial charge in [-0.15, -0.1) is 0 Å². The van der Waals surface area contributed by atoms with E-state index in [4.69, 9.17) is 4.74 Å². The predicted molar refractivity (Wildman–Crippen MR) is 174 cm³/mol. The van der Waals surface area contributed by atoms with Crippen LogP contribution in [0.3, 0.4) is 0 Å². The molecule has 0 fully saturated rings. The first kappa shape index (κ1) is 40.9. The molecule has 3 aromatic rings. The van der Waals surface area contributed by atoms with Gasteiger partial charge in [-0.1, -0.05) is 6.92 Å². The summed E-state index contributed by atoms with van der Waals surface area (Å²) in [7, 11) is 0. The number of hydrogen-bond donors (Lipinski definition) is 2. The molecule has 0 aliphatic carbocycles. The van der Waals surface area contributed by atoms with E-state index in [2.05, 4.69) is 20.3 Å². The molecule has 0 saturated carbocycles. The first-order chi connectivity index (χ1) is 24.5. The van der Waals surface area contributed by atoms with Gasteiger partial charge in [-0.2, -0.15) is 39.5 Å². The molecule has 1 aromatic carbocycles. The minimum atomic E-state index is -5.09. The summed E-state index contributed by atoms with van der Waals surface area (Å²) in [5, 5.41) is 12.4. The fourth-order valence-electron chi connectivity index (χ4n) is 5.78. The van der Waals surface area contributed by atoms with Gasteiger partial charge in [0.1, 0.15) is 12.3 Å². The van der Waals surface area contributed by atoms with Crippen LogP contribution < -0.4 is 15.1 Å². The Hall–Kier alpha value is -4.84. The molecule has 10 nitrogen and oxygen atoms in total. The molecule has 1 aliphatic heterocycles. The van der Waals surface area contributed by atoms with Gasteiger partial charge in [0.25, 0.3) is 0 Å². The number of halogens is 9. The molecule has 3 heterocycles. The fraction of sp³-hybridized carbons (Fsp3) is 0.500. The molecule has 0 spiro atoms. The van der Waals surface area contributed by atoms with Crippen LogP contribution in [-0.4, -0.2) is 57.9 Å². The Bertz CT molecular complexity index is 1780. The quantitative estimate of drug-likeness (QED) is 0.185. The third kappa shape index (κ3) is 9.40. The van der Waals surface area contributed by atoms with Crippen molar-refractivity contribution in [1.82, 2.24) is 15.0 Å². The van der Waals surface area contributed by atoms with Crippen molar-refractivity contribution in [3.05, 3.63) is 70.3 Å². The first-order valence-electron chi connectivity index (χ1n) is 16.4. The van der Waals surface area contributed by atoms with E-state index < -0.39 is 77.9 Å². The molecular formula is C34H37F9N6O4. The van der Waals surface area contributed by atoms with Crippen molar-refractivity contribution < 1.29 is 58.9 Å². The molecule has 1 amide bonds. The van der Waals surface area contributed by atoms with Crippen LogP contribution in [0.5, 0.6) is 0 Å². The van der Waals surface area contributed by atoms with Crippen molar-refractivity contribution in [3.63, 3.8) is 0 Å². The van der Waals surface area contributed by atoms with Crippen LogP contribution in [0.15, 0.2) is 36.5 Å². The fourth-order valence-corrected chi connectivity index (χ4v) is 5.78. The van der Waals surface area contributed by atoms with Gasteiger partial charge in [0.05, 0.1) is 51.5 Å². The Morgan fingerprint density at radius 2 is 1.53 bits per heavy atom. The van der Waals surface area contributed by atoms with Crippen LogP contribution in [0.4, 0.5) is 61.6 Å². The number of aromatic nitrogens is 3. The minimum Gasteiger partial charge on any atom is -0.481 e. The zero-order valence-corrected chi connectivity index (χ0v) is 29.2. The van der Waals surface area contributed by atoms with Gasteiger partial charge in [-0.25, -0.2) is 19.7 Å². The maximum Gasteiger partial charge on any atom is 0.433 e. The lowest BCUT2D eigenvalue weighted by atomic mass is 9.93. The van der Waals surface area contributed by atoms with Crippen LogP contribution in [0.1, 0.15) is 87.3 Å². The molecule has 0 unspecified atom stereocenters. The number of ether oxygens (including phenoxy) is 1. The van der Waals surface area contributed by atoms with E-state index in [1.165, 1.54) is 20.0 Å². The van der Waals surface area contributed by atoms with Gasteiger partial charge in [-0.05, 0) is 76.4 Å². The molecule has 2 N–H and O–H groups in total. The van der Waals surface area contributed by atoms with E-state index in [0.717, 1.165) is 11.0 Å². The molecule has 19 heteroatoms. The lowest BCUT2D eigenvalue weighted by molar-refractivity contribution is -0.149. The van der Waals surface area contributed by atoms with E-state index in [9.17, 15) is 54.2 Å². The molecule has 53 heavy (non-hydrogen) atoms. The third-order valence-corrected chi connectivity index (χ3v) is 8.73. The van der Waals surface area contributed by atoms with E-state index in [1.54, 1.807) is 25.7 Å². The SMILES string of the molecule is CC[C@@H]1C[C@H](Nc2ncc(N(CC)CC)c(Cc3cc(C(F)(F)F)cc(C(F)(F)F)c3)n2)c2nc(C(F)(F)F)ccc2N1C(=O)OCC(C)(C)C(=O)O. The zero-order valence-electron chi connectivity index (χ0n) is 29.2. The lowest BCUT2D eigenvalue weighted by Crippen LogP contribution is -2.47. The second kappa shape index (κ2) is 15.3. The summed E-state index contributed by atoms with van der Waals surface area (Å²) in [5.74, 6) is -1.47. The normalized spacial score (nSPS) is 16.6. The number of benzene rings is 1. The number of pyridine rings is 1. The summed E-state index contributed by atoms with van der Waals surface area (Å²) < 4.78 is 129. The van der Waals surface area contributed by atoms with Gasteiger partial charge in [0.2, 0.25) is 5.95 Å². The smallest absolute Gasteiger partial charge is 0.433 e. The Morgan fingerprint density at radius 3 is 2.04 bits per heavy atom. The number of carbonyl (C=O) groups is 2. The monoisotopic (exact) mass is 764 g/mol. The van der Waals surface area contributed by atoms with Gasteiger partial charge >= 0.3 is 30.6 Å². The maximum absolute atomic E-state index is 13.9. The molecule has 290 valence electrons. The summed E-state index contributed by atoms with van der Waals surface area (Å²) >= 11 is 0. The van der Waals surface area contributed by atoms with Crippen molar-refractivity contribution in [2.75, 3.05) is 34.8 Å². The predicted octanol–water partition coefficient (Wildman–Crippen LogP) is 8.75. The van der Waals surface area contributed by atoms with Gasteiger partial charge in [-0.3, -0.25) is 9.69 Å².